The third-order valence-electron chi connectivity index (χ3n) is 5.45. The van der Waals surface area contributed by atoms with Gasteiger partial charge in [-0.05, 0) is 52.4 Å². The van der Waals surface area contributed by atoms with Crippen LogP contribution in [-0.4, -0.2) is 41.8 Å². The minimum atomic E-state index is -3.36. The quantitative estimate of drug-likeness (QED) is 0.727. The summed E-state index contributed by atoms with van der Waals surface area (Å²) in [4.78, 5) is 3.89. The van der Waals surface area contributed by atoms with Crippen LogP contribution < -0.4 is 10.0 Å². The predicted molar refractivity (Wildman–Crippen MR) is 97.3 cm³/mol. The van der Waals surface area contributed by atoms with Crippen molar-refractivity contribution in [3.8, 4) is 0 Å². The summed E-state index contributed by atoms with van der Waals surface area (Å²) in [6, 6.07) is 0.0568. The molecule has 0 atom stereocenters. The van der Waals surface area contributed by atoms with Gasteiger partial charge in [0.05, 0.1) is 17.6 Å². The largest absolute Gasteiger partial charge is 0.335 e. The Morgan fingerprint density at radius 1 is 1.14 bits per heavy atom. The van der Waals surface area contributed by atoms with Crippen LogP contribution in [-0.2, 0) is 15.7 Å². The number of aromatic nitrogens is 2. The SMILES string of the molecule is CC(C)(C)S(=O)(=O)NC[C@H]1CC[C@H](Nc2nc(C3(F)CC(F)(F)C3)no2)CC1. The fraction of sp³-hybridized carbons (Fsp3) is 0.882. The van der Waals surface area contributed by atoms with Gasteiger partial charge in [0.1, 0.15) is 0 Å². The van der Waals surface area contributed by atoms with Gasteiger partial charge in [-0.15, -0.1) is 0 Å². The molecule has 0 aromatic carbocycles. The zero-order valence-electron chi connectivity index (χ0n) is 16.3. The molecule has 0 unspecified atom stereocenters. The molecule has 11 heteroatoms. The van der Waals surface area contributed by atoms with Crippen molar-refractivity contribution in [1.82, 2.24) is 14.9 Å². The van der Waals surface area contributed by atoms with Crippen molar-refractivity contribution in [2.24, 2.45) is 5.92 Å². The van der Waals surface area contributed by atoms with Gasteiger partial charge in [0.25, 0.3) is 5.92 Å². The number of halogens is 3. The maximum Gasteiger partial charge on any atom is 0.321 e. The molecular weight excluding hydrogens is 397 g/mol. The lowest BCUT2D eigenvalue weighted by Crippen LogP contribution is -2.46. The first-order chi connectivity index (χ1) is 12.8. The Kier molecular flexibility index (Phi) is 5.46. The number of hydrogen-bond acceptors (Lipinski definition) is 6. The number of anilines is 1. The zero-order chi connectivity index (χ0) is 20.8. The molecule has 160 valence electrons. The second-order valence-corrected chi connectivity index (χ2v) is 11.4. The zero-order valence-corrected chi connectivity index (χ0v) is 17.1. The number of alkyl halides is 3. The molecule has 2 saturated carbocycles. The van der Waals surface area contributed by atoms with Crippen LogP contribution in [0.2, 0.25) is 0 Å². The molecule has 0 aliphatic heterocycles. The van der Waals surface area contributed by atoms with E-state index in [2.05, 4.69) is 20.2 Å². The summed E-state index contributed by atoms with van der Waals surface area (Å²) >= 11 is 0. The second-order valence-electron chi connectivity index (χ2n) is 8.92. The van der Waals surface area contributed by atoms with Crippen LogP contribution in [0.1, 0.15) is 65.1 Å². The standard InChI is InChI=1S/C17H27F3N4O3S/c1-15(2,3)28(25,26)21-8-11-4-6-12(7-5-11)22-14-23-13(24-27-14)16(18)9-17(19,20)10-16/h11-12,21H,4-10H2,1-3H3,(H,22,23,24)/t11-,12-. The molecule has 2 aliphatic rings. The Morgan fingerprint density at radius 2 is 1.75 bits per heavy atom. The first-order valence-electron chi connectivity index (χ1n) is 9.46. The van der Waals surface area contributed by atoms with Gasteiger partial charge in [0, 0.05) is 12.6 Å². The third kappa shape index (κ3) is 4.61. The van der Waals surface area contributed by atoms with Crippen molar-refractivity contribution >= 4 is 16.0 Å². The van der Waals surface area contributed by atoms with Gasteiger partial charge in [0.15, 0.2) is 5.67 Å². The van der Waals surface area contributed by atoms with Crippen LogP contribution >= 0.6 is 0 Å². The maximum atomic E-state index is 14.3. The average molecular weight is 424 g/mol. The van der Waals surface area contributed by atoms with Crippen molar-refractivity contribution in [1.29, 1.82) is 0 Å². The van der Waals surface area contributed by atoms with Gasteiger partial charge in [-0.3, -0.25) is 0 Å². The lowest BCUT2D eigenvalue weighted by Gasteiger charge is -2.38. The monoisotopic (exact) mass is 424 g/mol. The van der Waals surface area contributed by atoms with Crippen molar-refractivity contribution in [3.63, 3.8) is 0 Å². The number of sulfonamides is 1. The van der Waals surface area contributed by atoms with Crippen LogP contribution in [0.25, 0.3) is 0 Å². The predicted octanol–water partition coefficient (Wildman–Crippen LogP) is 3.35. The summed E-state index contributed by atoms with van der Waals surface area (Å²) in [6.45, 7) is 5.36. The van der Waals surface area contributed by atoms with Crippen molar-refractivity contribution in [2.75, 3.05) is 11.9 Å². The normalized spacial score (nSPS) is 27.2. The van der Waals surface area contributed by atoms with E-state index in [4.69, 9.17) is 4.52 Å². The maximum absolute atomic E-state index is 14.3. The fourth-order valence-corrected chi connectivity index (χ4v) is 4.41. The molecule has 2 aliphatic carbocycles. The molecule has 1 aromatic rings. The van der Waals surface area contributed by atoms with Crippen molar-refractivity contribution in [2.45, 2.75) is 81.7 Å². The molecular formula is C17H27F3N4O3S. The van der Waals surface area contributed by atoms with Crippen LogP contribution in [0.4, 0.5) is 19.2 Å². The van der Waals surface area contributed by atoms with Crippen LogP contribution in [0, 0.1) is 5.92 Å². The fourth-order valence-electron chi connectivity index (χ4n) is 3.52. The molecule has 2 N–H and O–H groups in total. The van der Waals surface area contributed by atoms with Gasteiger partial charge in [-0.2, -0.15) is 4.98 Å². The van der Waals surface area contributed by atoms with E-state index < -0.39 is 39.2 Å². The molecule has 2 fully saturated rings. The highest BCUT2D eigenvalue weighted by Crippen LogP contribution is 2.53. The minimum absolute atomic E-state index is 0.0270. The highest BCUT2D eigenvalue weighted by molar-refractivity contribution is 7.90. The molecule has 0 saturated heterocycles. The first kappa shape index (κ1) is 21.4. The Balaban J connectivity index is 1.45. The second kappa shape index (κ2) is 7.16. The van der Waals surface area contributed by atoms with Crippen LogP contribution in [0.3, 0.4) is 0 Å². The van der Waals surface area contributed by atoms with E-state index in [1.807, 2.05) is 0 Å². The van der Waals surface area contributed by atoms with E-state index in [1.165, 1.54) is 0 Å². The topological polar surface area (TPSA) is 97.1 Å². The highest BCUT2D eigenvalue weighted by atomic mass is 32.2. The molecule has 1 aromatic heterocycles. The van der Waals surface area contributed by atoms with E-state index in [-0.39, 0.29) is 23.8 Å². The van der Waals surface area contributed by atoms with Gasteiger partial charge in [-0.1, -0.05) is 5.16 Å². The van der Waals surface area contributed by atoms with Gasteiger partial charge in [-0.25, -0.2) is 26.3 Å². The summed E-state index contributed by atoms with van der Waals surface area (Å²) < 4.78 is 71.2. The average Bonchev–Trinajstić information content (AvgIpc) is 3.00. The number of rotatable bonds is 6. The Bertz CT molecular complexity index is 791. The smallest absolute Gasteiger partial charge is 0.321 e. The number of nitrogens with zero attached hydrogens (tertiary/aromatic N) is 2. The van der Waals surface area contributed by atoms with Gasteiger partial charge >= 0.3 is 6.01 Å². The van der Waals surface area contributed by atoms with Crippen molar-refractivity contribution < 1.29 is 26.1 Å². The van der Waals surface area contributed by atoms with Crippen LogP contribution in [0.15, 0.2) is 4.52 Å². The van der Waals surface area contributed by atoms with Crippen LogP contribution in [0.5, 0.6) is 0 Å². The number of hydrogen-bond donors (Lipinski definition) is 2. The molecule has 3 rings (SSSR count). The third-order valence-corrected chi connectivity index (χ3v) is 7.61. The van der Waals surface area contributed by atoms with Gasteiger partial charge < -0.3 is 9.84 Å². The molecule has 0 bridgehead atoms. The number of nitrogens with one attached hydrogen (secondary N) is 2. The van der Waals surface area contributed by atoms with E-state index in [9.17, 15) is 21.6 Å². The lowest BCUT2D eigenvalue weighted by molar-refractivity contribution is -0.178. The van der Waals surface area contributed by atoms with E-state index >= 15 is 0 Å². The summed E-state index contributed by atoms with van der Waals surface area (Å²) in [5, 5.41) is 6.53. The first-order valence-corrected chi connectivity index (χ1v) is 10.9. The van der Waals surface area contributed by atoms with Gasteiger partial charge in [0.2, 0.25) is 15.8 Å². The van der Waals surface area contributed by atoms with E-state index in [0.29, 0.717) is 6.54 Å². The highest BCUT2D eigenvalue weighted by Gasteiger charge is 2.61. The molecule has 0 radical (unpaired) electrons. The lowest BCUT2D eigenvalue weighted by atomic mass is 9.78. The summed E-state index contributed by atoms with van der Waals surface area (Å²) in [7, 11) is -3.36. The Morgan fingerprint density at radius 3 is 2.29 bits per heavy atom. The minimum Gasteiger partial charge on any atom is -0.335 e. The van der Waals surface area contributed by atoms with Crippen molar-refractivity contribution in [3.05, 3.63) is 5.82 Å². The molecule has 7 nitrogen and oxygen atoms in total. The summed E-state index contributed by atoms with van der Waals surface area (Å²) in [5.41, 5.74) is -2.23. The van der Waals surface area contributed by atoms with E-state index in [1.54, 1.807) is 20.8 Å². The Hall–Kier alpha value is -1.36. The van der Waals surface area contributed by atoms with E-state index in [0.717, 1.165) is 25.7 Å². The molecule has 28 heavy (non-hydrogen) atoms. The summed E-state index contributed by atoms with van der Waals surface area (Å²) in [6.07, 6.45) is 1.30. The Labute approximate surface area is 162 Å². The molecule has 0 amide bonds. The molecule has 0 spiro atoms. The summed E-state index contributed by atoms with van der Waals surface area (Å²) in [5.74, 6) is -3.12. The molecule has 1 heterocycles.